The van der Waals surface area contributed by atoms with E-state index in [9.17, 15) is 4.79 Å². The van der Waals surface area contributed by atoms with Crippen molar-refractivity contribution in [3.8, 4) is 0 Å². The fourth-order valence-corrected chi connectivity index (χ4v) is 0.693. The Hall–Kier alpha value is -0.570. The summed E-state index contributed by atoms with van der Waals surface area (Å²) < 4.78 is 0. The van der Waals surface area contributed by atoms with Gasteiger partial charge in [-0.1, -0.05) is 6.92 Å². The Balaban J connectivity index is 2.39. The highest BCUT2D eigenvalue weighted by atomic mass is 16.2. The molecule has 1 amide bonds. The molecule has 0 aromatic heterocycles. The van der Waals surface area contributed by atoms with E-state index >= 15 is 0 Å². The zero-order valence-corrected chi connectivity index (χ0v) is 4.90. The number of hydrogen-bond acceptors (Lipinski definition) is 2. The van der Waals surface area contributed by atoms with E-state index < -0.39 is 0 Å². The smallest absolute Gasteiger partial charge is 0.236 e. The molecule has 3 nitrogen and oxygen atoms in total. The number of hydrazine groups is 1. The van der Waals surface area contributed by atoms with Gasteiger partial charge in [0.2, 0.25) is 5.91 Å². The van der Waals surface area contributed by atoms with Crippen molar-refractivity contribution in [2.45, 2.75) is 13.3 Å². The van der Waals surface area contributed by atoms with E-state index in [0.29, 0.717) is 0 Å². The second-order valence-electron chi connectivity index (χ2n) is 2.11. The molecule has 1 heterocycles. The predicted octanol–water partition coefficient (Wildman–Crippen LogP) is -0.353. The summed E-state index contributed by atoms with van der Waals surface area (Å²) in [6, 6.07) is 0. The lowest BCUT2D eigenvalue weighted by Gasteiger charge is -2.18. The quantitative estimate of drug-likeness (QED) is 0.452. The zero-order chi connectivity index (χ0) is 5.98. The molecule has 46 valence electrons. The van der Waals surface area contributed by atoms with Gasteiger partial charge in [0.25, 0.3) is 0 Å². The van der Waals surface area contributed by atoms with Crippen molar-refractivity contribution in [1.82, 2.24) is 10.9 Å². The highest BCUT2D eigenvalue weighted by Gasteiger charge is 2.15. The van der Waals surface area contributed by atoms with E-state index in [2.05, 4.69) is 10.9 Å². The van der Waals surface area contributed by atoms with E-state index in [-0.39, 0.29) is 11.8 Å². The van der Waals surface area contributed by atoms with E-state index in [0.717, 1.165) is 13.0 Å². The molecule has 1 atom stereocenters. The monoisotopic (exact) mass is 114 g/mol. The van der Waals surface area contributed by atoms with Crippen molar-refractivity contribution in [1.29, 1.82) is 0 Å². The summed E-state index contributed by atoms with van der Waals surface area (Å²) in [7, 11) is 0. The molecule has 1 aliphatic heterocycles. The predicted molar refractivity (Wildman–Crippen MR) is 29.9 cm³/mol. The lowest BCUT2D eigenvalue weighted by molar-refractivity contribution is -0.127. The molecule has 0 spiro atoms. The van der Waals surface area contributed by atoms with Gasteiger partial charge in [-0.2, -0.15) is 0 Å². The molecule has 1 unspecified atom stereocenters. The van der Waals surface area contributed by atoms with Crippen molar-refractivity contribution in [3.05, 3.63) is 0 Å². The van der Waals surface area contributed by atoms with Gasteiger partial charge in [-0.25, -0.2) is 5.43 Å². The molecular weight excluding hydrogens is 104 g/mol. The highest BCUT2D eigenvalue weighted by Crippen LogP contribution is 2.01. The first-order valence-corrected chi connectivity index (χ1v) is 2.83. The Morgan fingerprint density at radius 3 is 2.88 bits per heavy atom. The summed E-state index contributed by atoms with van der Waals surface area (Å²) in [5.74, 6) is 0.299. The number of rotatable bonds is 0. The van der Waals surface area contributed by atoms with Gasteiger partial charge in [-0.15, -0.1) is 0 Å². The Kier molecular flexibility index (Phi) is 1.48. The molecule has 3 heteroatoms. The minimum Gasteiger partial charge on any atom is -0.291 e. The van der Waals surface area contributed by atoms with Crippen LogP contribution in [0.5, 0.6) is 0 Å². The first kappa shape index (κ1) is 5.56. The van der Waals surface area contributed by atoms with Crippen molar-refractivity contribution in [2.75, 3.05) is 6.54 Å². The molecule has 1 saturated heterocycles. The molecule has 8 heavy (non-hydrogen) atoms. The van der Waals surface area contributed by atoms with Crippen molar-refractivity contribution in [2.24, 2.45) is 5.92 Å². The summed E-state index contributed by atoms with van der Waals surface area (Å²) in [6.45, 7) is 2.82. The van der Waals surface area contributed by atoms with Gasteiger partial charge < -0.3 is 0 Å². The van der Waals surface area contributed by atoms with Crippen LogP contribution in [0.25, 0.3) is 0 Å². The number of nitrogens with one attached hydrogen (secondary N) is 2. The molecule has 2 N–H and O–H groups in total. The Morgan fingerprint density at radius 2 is 2.50 bits per heavy atom. The van der Waals surface area contributed by atoms with Crippen LogP contribution in [0.2, 0.25) is 0 Å². The fourth-order valence-electron chi connectivity index (χ4n) is 0.693. The summed E-state index contributed by atoms with van der Waals surface area (Å²) >= 11 is 0. The third-order valence-corrected chi connectivity index (χ3v) is 1.36. The summed E-state index contributed by atoms with van der Waals surface area (Å²) in [6.07, 6.45) is 0.950. The van der Waals surface area contributed by atoms with E-state index in [1.165, 1.54) is 0 Å². The number of carbonyl (C=O) groups excluding carboxylic acids is 1. The number of carbonyl (C=O) groups is 1. The van der Waals surface area contributed by atoms with Crippen LogP contribution >= 0.6 is 0 Å². The highest BCUT2D eigenvalue weighted by molar-refractivity contribution is 5.78. The summed E-state index contributed by atoms with van der Waals surface area (Å²) in [4.78, 5) is 10.6. The van der Waals surface area contributed by atoms with E-state index in [1.54, 1.807) is 0 Å². The third-order valence-electron chi connectivity index (χ3n) is 1.36. The average molecular weight is 114 g/mol. The fraction of sp³-hybridized carbons (Fsp3) is 0.800. The molecule has 0 radical (unpaired) electrons. The minimum atomic E-state index is 0.108. The Bertz CT molecular complexity index is 103. The van der Waals surface area contributed by atoms with Crippen LogP contribution in [0.4, 0.5) is 0 Å². The molecular formula is C5H10N2O. The average Bonchev–Trinajstić information content (AvgIpc) is 1.77. The first-order valence-electron chi connectivity index (χ1n) is 2.83. The number of amides is 1. The van der Waals surface area contributed by atoms with Gasteiger partial charge in [0.1, 0.15) is 0 Å². The van der Waals surface area contributed by atoms with Crippen molar-refractivity contribution >= 4 is 5.91 Å². The molecule has 0 aliphatic carbocycles. The lowest BCUT2D eigenvalue weighted by Crippen LogP contribution is -2.46. The Labute approximate surface area is 48.4 Å². The van der Waals surface area contributed by atoms with Crippen LogP contribution < -0.4 is 10.9 Å². The first-order chi connectivity index (χ1) is 3.80. The van der Waals surface area contributed by atoms with Crippen LogP contribution in [0.1, 0.15) is 13.3 Å². The zero-order valence-electron chi connectivity index (χ0n) is 4.90. The largest absolute Gasteiger partial charge is 0.291 e. The van der Waals surface area contributed by atoms with Crippen LogP contribution in [-0.2, 0) is 4.79 Å². The van der Waals surface area contributed by atoms with Crippen molar-refractivity contribution < 1.29 is 4.79 Å². The maximum absolute atomic E-state index is 10.6. The van der Waals surface area contributed by atoms with E-state index in [1.807, 2.05) is 6.92 Å². The van der Waals surface area contributed by atoms with Gasteiger partial charge in [0.05, 0.1) is 0 Å². The van der Waals surface area contributed by atoms with Gasteiger partial charge in [-0.3, -0.25) is 10.2 Å². The Morgan fingerprint density at radius 1 is 1.75 bits per heavy atom. The lowest BCUT2D eigenvalue weighted by atomic mass is 10.1. The minimum absolute atomic E-state index is 0.108. The van der Waals surface area contributed by atoms with Gasteiger partial charge in [0.15, 0.2) is 0 Å². The normalized spacial score (nSPS) is 29.6. The molecule has 1 rings (SSSR count). The molecule has 0 aromatic rings. The topological polar surface area (TPSA) is 41.1 Å². The summed E-state index contributed by atoms with van der Waals surface area (Å²) in [5, 5.41) is 0. The van der Waals surface area contributed by atoms with E-state index in [4.69, 9.17) is 0 Å². The second kappa shape index (κ2) is 2.13. The maximum Gasteiger partial charge on any atom is 0.236 e. The molecule has 1 fully saturated rings. The van der Waals surface area contributed by atoms with Gasteiger partial charge in [-0.05, 0) is 6.42 Å². The van der Waals surface area contributed by atoms with Crippen molar-refractivity contribution in [3.63, 3.8) is 0 Å². The SMILES string of the molecule is CC1CCNNC1=O. The standard InChI is InChI=1S/C5H10N2O/c1-4-2-3-6-7-5(4)8/h4,6H,2-3H2,1H3,(H,7,8). The van der Waals surface area contributed by atoms with Gasteiger partial charge >= 0.3 is 0 Å². The molecule has 0 bridgehead atoms. The third kappa shape index (κ3) is 0.980. The molecule has 0 saturated carbocycles. The second-order valence-corrected chi connectivity index (χ2v) is 2.11. The summed E-state index contributed by atoms with van der Waals surface area (Å²) in [5.41, 5.74) is 5.31. The van der Waals surface area contributed by atoms with Crippen LogP contribution in [0.15, 0.2) is 0 Å². The molecule has 1 aliphatic rings. The number of hydrogen-bond donors (Lipinski definition) is 2. The van der Waals surface area contributed by atoms with Crippen LogP contribution in [0, 0.1) is 5.92 Å². The van der Waals surface area contributed by atoms with Gasteiger partial charge in [0, 0.05) is 12.5 Å². The molecule has 0 aromatic carbocycles. The van der Waals surface area contributed by atoms with Crippen LogP contribution in [0.3, 0.4) is 0 Å². The van der Waals surface area contributed by atoms with Crippen LogP contribution in [-0.4, -0.2) is 12.5 Å². The maximum atomic E-state index is 10.6.